The number of likely N-dealkylation sites (tertiary alicyclic amines) is 1. The molecule has 1 fully saturated rings. The SMILES string of the molecule is CCOC(=O)c1c(NC(=S)N2CCC(C(O)(c3ccccc3)c3ccccc3)CC2)sc2c1CCCC2. The summed E-state index contributed by atoms with van der Waals surface area (Å²) in [5, 5.41) is 17.0. The van der Waals surface area contributed by atoms with Gasteiger partial charge in [-0.3, -0.25) is 0 Å². The summed E-state index contributed by atoms with van der Waals surface area (Å²) in [6.45, 7) is 3.66. The van der Waals surface area contributed by atoms with E-state index < -0.39 is 5.60 Å². The van der Waals surface area contributed by atoms with Crippen molar-refractivity contribution in [1.29, 1.82) is 0 Å². The zero-order valence-corrected chi connectivity index (χ0v) is 22.9. The first kappa shape index (κ1) is 25.9. The molecule has 1 aromatic heterocycles. The van der Waals surface area contributed by atoms with Gasteiger partial charge in [0.1, 0.15) is 10.6 Å². The number of aryl methyl sites for hydroxylation is 1. The maximum absolute atomic E-state index is 12.8. The van der Waals surface area contributed by atoms with Crippen LogP contribution < -0.4 is 5.32 Å². The third-order valence-electron chi connectivity index (χ3n) is 7.67. The van der Waals surface area contributed by atoms with Crippen LogP contribution in [0.2, 0.25) is 0 Å². The highest BCUT2D eigenvalue weighted by Gasteiger charge is 2.42. The van der Waals surface area contributed by atoms with Crippen molar-refractivity contribution < 1.29 is 14.6 Å². The fourth-order valence-corrected chi connectivity index (χ4v) is 7.40. The second kappa shape index (κ2) is 11.3. The molecule has 2 aromatic carbocycles. The van der Waals surface area contributed by atoms with Crippen LogP contribution in [0.1, 0.15) is 64.5 Å². The number of ether oxygens (including phenoxy) is 1. The molecule has 3 aromatic rings. The van der Waals surface area contributed by atoms with Gasteiger partial charge in [0.25, 0.3) is 0 Å². The summed E-state index contributed by atoms with van der Waals surface area (Å²) in [5.41, 5.74) is 2.58. The minimum absolute atomic E-state index is 0.0560. The number of piperidine rings is 1. The van der Waals surface area contributed by atoms with Crippen molar-refractivity contribution in [1.82, 2.24) is 4.90 Å². The van der Waals surface area contributed by atoms with E-state index in [1.165, 1.54) is 4.88 Å². The predicted molar refractivity (Wildman–Crippen MR) is 153 cm³/mol. The van der Waals surface area contributed by atoms with E-state index in [0.29, 0.717) is 17.3 Å². The van der Waals surface area contributed by atoms with Crippen LogP contribution in [0.15, 0.2) is 60.7 Å². The van der Waals surface area contributed by atoms with Crippen molar-refractivity contribution in [3.8, 4) is 0 Å². The number of nitrogens with one attached hydrogen (secondary N) is 1. The Hall–Kier alpha value is -2.74. The number of carbonyl (C=O) groups excluding carboxylic acids is 1. The van der Waals surface area contributed by atoms with Crippen molar-refractivity contribution >= 4 is 39.6 Å². The predicted octanol–water partition coefficient (Wildman–Crippen LogP) is 6.15. The van der Waals surface area contributed by atoms with Crippen molar-refractivity contribution in [3.05, 3.63) is 87.8 Å². The first-order valence-electron chi connectivity index (χ1n) is 13.2. The van der Waals surface area contributed by atoms with Crippen molar-refractivity contribution in [2.75, 3.05) is 25.0 Å². The van der Waals surface area contributed by atoms with Gasteiger partial charge in [-0.1, -0.05) is 60.7 Å². The van der Waals surface area contributed by atoms with Gasteiger partial charge in [-0.05, 0) is 80.3 Å². The molecule has 194 valence electrons. The molecule has 2 aliphatic rings. The summed E-state index contributed by atoms with van der Waals surface area (Å²) in [6, 6.07) is 20.0. The number of anilines is 1. The van der Waals surface area contributed by atoms with E-state index in [-0.39, 0.29) is 11.9 Å². The highest BCUT2D eigenvalue weighted by molar-refractivity contribution is 7.80. The molecule has 7 heteroatoms. The fourth-order valence-electron chi connectivity index (χ4n) is 5.77. The third-order valence-corrected chi connectivity index (χ3v) is 9.24. The topological polar surface area (TPSA) is 61.8 Å². The van der Waals surface area contributed by atoms with Crippen LogP contribution in [-0.4, -0.2) is 40.8 Å². The molecule has 2 heterocycles. The third kappa shape index (κ3) is 5.17. The molecule has 1 saturated heterocycles. The number of aliphatic hydroxyl groups is 1. The molecule has 1 aliphatic heterocycles. The summed E-state index contributed by atoms with van der Waals surface area (Å²) in [7, 11) is 0. The van der Waals surface area contributed by atoms with Crippen LogP contribution in [0.5, 0.6) is 0 Å². The Bertz CT molecular complexity index is 1190. The first-order valence-corrected chi connectivity index (χ1v) is 14.5. The lowest BCUT2D eigenvalue weighted by Gasteiger charge is -2.43. The summed E-state index contributed by atoms with van der Waals surface area (Å²) in [5.74, 6) is -0.206. The largest absolute Gasteiger partial charge is 0.462 e. The van der Waals surface area contributed by atoms with E-state index in [4.69, 9.17) is 17.0 Å². The van der Waals surface area contributed by atoms with Crippen LogP contribution in [0.4, 0.5) is 5.00 Å². The highest BCUT2D eigenvalue weighted by atomic mass is 32.1. The monoisotopic (exact) mass is 534 g/mol. The zero-order valence-electron chi connectivity index (χ0n) is 21.2. The summed E-state index contributed by atoms with van der Waals surface area (Å²) in [4.78, 5) is 16.3. The Balaban J connectivity index is 1.32. The molecule has 0 unspecified atom stereocenters. The number of nitrogens with zero attached hydrogens (tertiary/aromatic N) is 1. The van der Waals surface area contributed by atoms with E-state index in [0.717, 1.165) is 73.3 Å². The summed E-state index contributed by atoms with van der Waals surface area (Å²) in [6.07, 6.45) is 5.76. The first-order chi connectivity index (χ1) is 18.0. The molecule has 0 bridgehead atoms. The van der Waals surface area contributed by atoms with Crippen LogP contribution in [0, 0.1) is 5.92 Å². The van der Waals surface area contributed by atoms with E-state index in [1.807, 2.05) is 67.6 Å². The van der Waals surface area contributed by atoms with Gasteiger partial charge in [0, 0.05) is 18.0 Å². The second-order valence-electron chi connectivity index (χ2n) is 9.83. The number of esters is 1. The Labute approximate surface area is 228 Å². The van der Waals surface area contributed by atoms with Crippen LogP contribution >= 0.6 is 23.6 Å². The average Bonchev–Trinajstić information content (AvgIpc) is 3.31. The molecule has 0 atom stereocenters. The lowest BCUT2D eigenvalue weighted by atomic mass is 9.72. The number of hydrogen-bond donors (Lipinski definition) is 2. The Kier molecular flexibility index (Phi) is 7.93. The zero-order chi connectivity index (χ0) is 25.8. The van der Waals surface area contributed by atoms with Crippen molar-refractivity contribution in [2.24, 2.45) is 5.92 Å². The quantitative estimate of drug-likeness (QED) is 0.292. The Morgan fingerprint density at radius 1 is 1.05 bits per heavy atom. The van der Waals surface area contributed by atoms with Crippen LogP contribution in [0.3, 0.4) is 0 Å². The van der Waals surface area contributed by atoms with E-state index >= 15 is 0 Å². The molecule has 5 rings (SSSR count). The molecule has 0 saturated carbocycles. The maximum Gasteiger partial charge on any atom is 0.341 e. The number of thiophene rings is 1. The molecular weight excluding hydrogens is 500 g/mol. The van der Waals surface area contributed by atoms with Gasteiger partial charge in [-0.15, -0.1) is 11.3 Å². The average molecular weight is 535 g/mol. The highest BCUT2D eigenvalue weighted by Crippen LogP contribution is 2.42. The van der Waals surface area contributed by atoms with Gasteiger partial charge in [-0.25, -0.2) is 4.79 Å². The molecule has 0 radical (unpaired) electrons. The summed E-state index contributed by atoms with van der Waals surface area (Å²) >= 11 is 7.48. The van der Waals surface area contributed by atoms with Gasteiger partial charge in [-0.2, -0.15) is 0 Å². The maximum atomic E-state index is 12.8. The number of fused-ring (bicyclic) bond motifs is 1. The normalized spacial score (nSPS) is 16.2. The smallest absolute Gasteiger partial charge is 0.341 e. The lowest BCUT2D eigenvalue weighted by Crippen LogP contribution is -2.47. The Morgan fingerprint density at radius 2 is 1.65 bits per heavy atom. The van der Waals surface area contributed by atoms with E-state index in [1.54, 1.807) is 11.3 Å². The standard InChI is InChI=1S/C30H34N2O3S2/c1-2-35-28(33)26-24-15-9-10-16-25(24)37-27(26)31-29(36)32-19-17-23(18-20-32)30(34,21-11-5-3-6-12-21)22-13-7-4-8-14-22/h3-8,11-14,23,34H,2,9-10,15-20H2,1H3,(H,31,36). The minimum atomic E-state index is -1.06. The van der Waals surface area contributed by atoms with Crippen LogP contribution in [0.25, 0.3) is 0 Å². The molecule has 1 aliphatic carbocycles. The van der Waals surface area contributed by atoms with Crippen LogP contribution in [-0.2, 0) is 23.2 Å². The minimum Gasteiger partial charge on any atom is -0.462 e. The fraction of sp³-hybridized carbons (Fsp3) is 0.400. The van der Waals surface area contributed by atoms with Crippen molar-refractivity contribution in [2.45, 2.75) is 51.0 Å². The second-order valence-corrected chi connectivity index (χ2v) is 11.3. The molecule has 0 amide bonds. The number of rotatable bonds is 6. The van der Waals surface area contributed by atoms with Gasteiger partial charge in [0.05, 0.1) is 12.2 Å². The van der Waals surface area contributed by atoms with Crippen molar-refractivity contribution in [3.63, 3.8) is 0 Å². The molecule has 0 spiro atoms. The van der Waals surface area contributed by atoms with Gasteiger partial charge in [0.2, 0.25) is 0 Å². The molecule has 37 heavy (non-hydrogen) atoms. The van der Waals surface area contributed by atoms with Gasteiger partial charge in [0.15, 0.2) is 5.11 Å². The van der Waals surface area contributed by atoms with Gasteiger partial charge >= 0.3 is 5.97 Å². The number of benzene rings is 2. The molecular formula is C30H34N2O3S2. The number of carbonyl (C=O) groups is 1. The molecule has 5 nitrogen and oxygen atoms in total. The number of hydrogen-bond acceptors (Lipinski definition) is 5. The summed E-state index contributed by atoms with van der Waals surface area (Å²) < 4.78 is 5.40. The Morgan fingerprint density at radius 3 is 2.24 bits per heavy atom. The van der Waals surface area contributed by atoms with E-state index in [2.05, 4.69) is 10.2 Å². The van der Waals surface area contributed by atoms with Gasteiger partial charge < -0.3 is 20.1 Å². The van der Waals surface area contributed by atoms with E-state index in [9.17, 15) is 9.90 Å². The lowest BCUT2D eigenvalue weighted by molar-refractivity contribution is -0.00631. The molecule has 2 N–H and O–H groups in total. The number of thiocarbonyl (C=S) groups is 1.